The van der Waals surface area contributed by atoms with Crippen molar-refractivity contribution in [2.24, 2.45) is 11.7 Å². The molecule has 4 heteroatoms. The van der Waals surface area contributed by atoms with E-state index in [9.17, 15) is 0 Å². The Morgan fingerprint density at radius 3 is 2.72 bits per heavy atom. The number of thiocarbonyl (C=S) groups is 1. The molecule has 0 aromatic heterocycles. The molecule has 1 aliphatic rings. The van der Waals surface area contributed by atoms with Crippen LogP contribution < -0.4 is 5.73 Å². The maximum atomic E-state index is 5.62. The Kier molecular flexibility index (Phi) is 6.06. The molecule has 0 radical (unpaired) electrons. The van der Waals surface area contributed by atoms with E-state index >= 15 is 0 Å². The Hall–Kier alpha value is -0.640. The SMILES string of the molecule is C[C@H](c1ccccc1)N1CC[C@H](CC(N)=S)C1.Cl. The first kappa shape index (κ1) is 15.4. The number of rotatable bonds is 4. The van der Waals surface area contributed by atoms with Crippen LogP contribution >= 0.6 is 24.6 Å². The van der Waals surface area contributed by atoms with Gasteiger partial charge in [0.05, 0.1) is 4.99 Å². The molecule has 18 heavy (non-hydrogen) atoms. The van der Waals surface area contributed by atoms with Gasteiger partial charge in [0.2, 0.25) is 0 Å². The molecule has 2 atom stereocenters. The lowest BCUT2D eigenvalue weighted by Crippen LogP contribution is -2.25. The van der Waals surface area contributed by atoms with E-state index in [4.69, 9.17) is 18.0 Å². The maximum absolute atomic E-state index is 5.62. The van der Waals surface area contributed by atoms with Gasteiger partial charge >= 0.3 is 0 Å². The van der Waals surface area contributed by atoms with Gasteiger partial charge in [0, 0.05) is 19.0 Å². The molecular weight excluding hydrogens is 264 g/mol. The van der Waals surface area contributed by atoms with Gasteiger partial charge in [-0.2, -0.15) is 0 Å². The maximum Gasteiger partial charge on any atom is 0.0730 e. The van der Waals surface area contributed by atoms with Crippen LogP contribution in [-0.2, 0) is 0 Å². The van der Waals surface area contributed by atoms with Crippen LogP contribution in [0.2, 0.25) is 0 Å². The number of benzene rings is 1. The summed E-state index contributed by atoms with van der Waals surface area (Å²) in [6.45, 7) is 4.55. The minimum atomic E-state index is 0. The zero-order valence-corrected chi connectivity index (χ0v) is 12.3. The summed E-state index contributed by atoms with van der Waals surface area (Å²) in [5, 5.41) is 0. The van der Waals surface area contributed by atoms with Crippen molar-refractivity contribution < 1.29 is 0 Å². The molecule has 0 bridgehead atoms. The summed E-state index contributed by atoms with van der Waals surface area (Å²) in [7, 11) is 0. The number of nitrogens with zero attached hydrogens (tertiary/aromatic N) is 1. The van der Waals surface area contributed by atoms with Crippen LogP contribution in [-0.4, -0.2) is 23.0 Å². The van der Waals surface area contributed by atoms with Crippen molar-refractivity contribution in [1.29, 1.82) is 0 Å². The summed E-state index contributed by atoms with van der Waals surface area (Å²) >= 11 is 4.99. The van der Waals surface area contributed by atoms with Crippen LogP contribution in [0.3, 0.4) is 0 Å². The van der Waals surface area contributed by atoms with Crippen molar-refractivity contribution in [1.82, 2.24) is 4.90 Å². The van der Waals surface area contributed by atoms with E-state index in [-0.39, 0.29) is 12.4 Å². The van der Waals surface area contributed by atoms with Crippen LogP contribution in [0.4, 0.5) is 0 Å². The Labute approximate surface area is 121 Å². The van der Waals surface area contributed by atoms with E-state index in [0.29, 0.717) is 16.9 Å². The van der Waals surface area contributed by atoms with Crippen LogP contribution in [0.5, 0.6) is 0 Å². The van der Waals surface area contributed by atoms with Crippen LogP contribution in [0, 0.1) is 5.92 Å². The standard InChI is InChI=1S/C14H20N2S.ClH/c1-11(13-5-3-2-4-6-13)16-8-7-12(10-16)9-14(15)17;/h2-6,11-12H,7-10H2,1H3,(H2,15,17);1H/t11-,12-;/m1./s1. The van der Waals surface area contributed by atoms with Crippen molar-refractivity contribution in [3.8, 4) is 0 Å². The molecule has 0 saturated carbocycles. The lowest BCUT2D eigenvalue weighted by Gasteiger charge is -2.24. The Morgan fingerprint density at radius 2 is 2.11 bits per heavy atom. The van der Waals surface area contributed by atoms with Gasteiger partial charge in [-0.25, -0.2) is 0 Å². The second kappa shape index (κ2) is 7.07. The Bertz CT molecular complexity index is 383. The third-order valence-corrected chi connectivity index (χ3v) is 3.80. The van der Waals surface area contributed by atoms with E-state index < -0.39 is 0 Å². The molecule has 100 valence electrons. The van der Waals surface area contributed by atoms with E-state index in [0.717, 1.165) is 19.5 Å². The third-order valence-electron chi connectivity index (χ3n) is 3.64. The van der Waals surface area contributed by atoms with E-state index in [1.54, 1.807) is 0 Å². The van der Waals surface area contributed by atoms with Crippen molar-refractivity contribution >= 4 is 29.6 Å². The second-order valence-electron chi connectivity index (χ2n) is 4.91. The normalized spacial score (nSPS) is 21.3. The van der Waals surface area contributed by atoms with Crippen LogP contribution in [0.25, 0.3) is 0 Å². The molecule has 1 aromatic carbocycles. The van der Waals surface area contributed by atoms with E-state index in [1.165, 1.54) is 12.0 Å². The van der Waals surface area contributed by atoms with Crippen molar-refractivity contribution in [2.45, 2.75) is 25.8 Å². The summed E-state index contributed by atoms with van der Waals surface area (Å²) in [6.07, 6.45) is 2.11. The molecule has 0 aliphatic carbocycles. The van der Waals surface area contributed by atoms with Crippen molar-refractivity contribution in [3.63, 3.8) is 0 Å². The highest BCUT2D eigenvalue weighted by Gasteiger charge is 2.26. The number of hydrogen-bond acceptors (Lipinski definition) is 2. The summed E-state index contributed by atoms with van der Waals surface area (Å²) < 4.78 is 0. The highest BCUT2D eigenvalue weighted by Crippen LogP contribution is 2.28. The molecular formula is C14H21ClN2S. The van der Waals surface area contributed by atoms with Crippen LogP contribution in [0.1, 0.15) is 31.4 Å². The smallest absolute Gasteiger partial charge is 0.0730 e. The number of likely N-dealkylation sites (tertiary alicyclic amines) is 1. The molecule has 2 rings (SSSR count). The predicted octanol–water partition coefficient (Wildman–Crippen LogP) is 3.17. The summed E-state index contributed by atoms with van der Waals surface area (Å²) in [5.41, 5.74) is 7.01. The lowest BCUT2D eigenvalue weighted by atomic mass is 10.0. The highest BCUT2D eigenvalue weighted by atomic mass is 35.5. The van der Waals surface area contributed by atoms with Gasteiger partial charge in [-0.05, 0) is 31.4 Å². The fourth-order valence-electron chi connectivity index (χ4n) is 2.61. The average molecular weight is 285 g/mol. The van der Waals surface area contributed by atoms with E-state index in [1.807, 2.05) is 0 Å². The van der Waals surface area contributed by atoms with Gasteiger partial charge in [0.25, 0.3) is 0 Å². The first-order valence-electron chi connectivity index (χ1n) is 6.24. The highest BCUT2D eigenvalue weighted by molar-refractivity contribution is 7.80. The summed E-state index contributed by atoms with van der Waals surface area (Å²) in [6, 6.07) is 11.2. The predicted molar refractivity (Wildman–Crippen MR) is 83.2 cm³/mol. The first-order chi connectivity index (χ1) is 8.16. The quantitative estimate of drug-likeness (QED) is 0.861. The van der Waals surface area contributed by atoms with Crippen LogP contribution in [0.15, 0.2) is 30.3 Å². The number of hydrogen-bond donors (Lipinski definition) is 1. The largest absolute Gasteiger partial charge is 0.393 e. The average Bonchev–Trinajstić information content (AvgIpc) is 2.77. The zero-order valence-electron chi connectivity index (χ0n) is 10.7. The summed E-state index contributed by atoms with van der Waals surface area (Å²) in [5.74, 6) is 0.652. The molecule has 0 amide bonds. The van der Waals surface area contributed by atoms with Gasteiger partial charge < -0.3 is 5.73 Å². The minimum Gasteiger partial charge on any atom is -0.393 e. The minimum absolute atomic E-state index is 0. The molecule has 1 aromatic rings. The molecule has 1 heterocycles. The van der Waals surface area contributed by atoms with Crippen molar-refractivity contribution in [2.75, 3.05) is 13.1 Å². The van der Waals surface area contributed by atoms with E-state index in [2.05, 4.69) is 42.2 Å². The van der Waals surface area contributed by atoms with Crippen molar-refractivity contribution in [3.05, 3.63) is 35.9 Å². The molecule has 0 unspecified atom stereocenters. The first-order valence-corrected chi connectivity index (χ1v) is 6.65. The fourth-order valence-corrected chi connectivity index (χ4v) is 2.84. The molecule has 1 fully saturated rings. The molecule has 2 N–H and O–H groups in total. The zero-order chi connectivity index (χ0) is 12.3. The molecule has 1 saturated heterocycles. The topological polar surface area (TPSA) is 29.3 Å². The Morgan fingerprint density at radius 1 is 1.44 bits per heavy atom. The lowest BCUT2D eigenvalue weighted by molar-refractivity contribution is 0.253. The fraction of sp³-hybridized carbons (Fsp3) is 0.500. The van der Waals surface area contributed by atoms with Gasteiger partial charge in [0.1, 0.15) is 0 Å². The Balaban J connectivity index is 0.00000162. The van der Waals surface area contributed by atoms with Gasteiger partial charge in [-0.1, -0.05) is 42.5 Å². The third kappa shape index (κ3) is 3.94. The molecule has 2 nitrogen and oxygen atoms in total. The monoisotopic (exact) mass is 284 g/mol. The number of halogens is 1. The molecule has 1 aliphatic heterocycles. The summed E-state index contributed by atoms with van der Waals surface area (Å²) in [4.78, 5) is 3.18. The second-order valence-corrected chi connectivity index (χ2v) is 5.43. The van der Waals surface area contributed by atoms with Gasteiger partial charge in [-0.3, -0.25) is 4.90 Å². The van der Waals surface area contributed by atoms with Gasteiger partial charge in [-0.15, -0.1) is 12.4 Å². The number of nitrogens with two attached hydrogens (primary N) is 1. The molecule has 0 spiro atoms. The van der Waals surface area contributed by atoms with Gasteiger partial charge in [0.15, 0.2) is 0 Å².